The Morgan fingerprint density at radius 1 is 0.408 bits per heavy atom. The third kappa shape index (κ3) is 4.31. The summed E-state index contributed by atoms with van der Waals surface area (Å²) in [6.45, 7) is 15.7. The summed E-state index contributed by atoms with van der Waals surface area (Å²) in [6, 6.07) is 50.7. The summed E-state index contributed by atoms with van der Waals surface area (Å²) in [5.41, 5.74) is 15.1. The summed E-state index contributed by atoms with van der Waals surface area (Å²) in [7, 11) is 0. The van der Waals surface area contributed by atoms with Crippen LogP contribution >= 0.6 is 0 Å². The summed E-state index contributed by atoms with van der Waals surface area (Å²) < 4.78 is 1.64. The van der Waals surface area contributed by atoms with E-state index in [9.17, 15) is 0 Å². The molecular weight excluding hydrogens is 802 g/mol. The number of fused-ring (bicyclic) bond motifs is 4. The van der Waals surface area contributed by atoms with Gasteiger partial charge in [-0.05, 0) is 0 Å². The van der Waals surface area contributed by atoms with Crippen molar-refractivity contribution < 1.29 is 44.8 Å². The first kappa shape index (κ1) is 34.2. The predicted octanol–water partition coefficient (Wildman–Crippen LogP) is 7.02. The third-order valence-corrected chi connectivity index (χ3v) is 43.7. The SMILES string of the molecule is CC1=C(c2cccc3ccccc23)c2ccccc2[CH]1[Hf+2]1([CH]2C(C)=C(c3cccc4ccccc34)c3ccccc32)[C](C)(C)[C]1(C)C.[Cl-].[Cl-]. The summed E-state index contributed by atoms with van der Waals surface area (Å²) in [5, 5.41) is 5.36. The smallest absolute Gasteiger partial charge is 1.00 e. The second kappa shape index (κ2) is 11.9. The van der Waals surface area contributed by atoms with Gasteiger partial charge in [0.1, 0.15) is 0 Å². The Kier molecular flexibility index (Phi) is 8.34. The largest absolute Gasteiger partial charge is 1.00 e. The average Bonchev–Trinajstić information content (AvgIpc) is 3.33. The molecule has 1 saturated heterocycles. The number of halogens is 2. The molecule has 2 unspecified atom stereocenters. The van der Waals surface area contributed by atoms with Crippen LogP contribution in [0, 0.1) is 0 Å². The van der Waals surface area contributed by atoms with Crippen LogP contribution in [0.15, 0.2) is 145 Å². The van der Waals surface area contributed by atoms with E-state index in [4.69, 9.17) is 0 Å². The number of benzene rings is 6. The van der Waals surface area contributed by atoms with Crippen LogP contribution in [-0.4, -0.2) is 0 Å². The van der Waals surface area contributed by atoms with Crippen molar-refractivity contribution in [3.05, 3.63) is 178 Å². The fourth-order valence-electron chi connectivity index (χ4n) is 10.9. The second-order valence-corrected chi connectivity index (χ2v) is 34.7. The standard InChI is InChI=1S/2C20H15.C6H12.2ClH.Hf/c2*1-14-13-16-8-3-5-11-18(16)20(14)19-12-6-9-15-7-2-4-10-17(15)19;1-5(2)6(3)4;;;/h2*2-13H,1H3;1-4H3;2*1H;/q;;;;;+2/p-2. The molecule has 49 heavy (non-hydrogen) atoms. The van der Waals surface area contributed by atoms with E-state index >= 15 is 0 Å². The van der Waals surface area contributed by atoms with Crippen molar-refractivity contribution in [2.45, 2.75) is 55.2 Å². The van der Waals surface area contributed by atoms with Crippen molar-refractivity contribution in [3.63, 3.8) is 0 Å². The van der Waals surface area contributed by atoms with Crippen LogP contribution < -0.4 is 24.8 Å². The summed E-state index contributed by atoms with van der Waals surface area (Å²) in [5.74, 6) is 0. The molecule has 0 nitrogen and oxygen atoms in total. The van der Waals surface area contributed by atoms with E-state index in [-0.39, 0.29) is 24.8 Å². The first-order valence-electron chi connectivity index (χ1n) is 17.3. The molecule has 0 aromatic heterocycles. The van der Waals surface area contributed by atoms with Gasteiger partial charge in [-0.1, -0.05) is 0 Å². The van der Waals surface area contributed by atoms with E-state index in [1.807, 2.05) is 0 Å². The Morgan fingerprint density at radius 2 is 0.735 bits per heavy atom. The molecular formula is C46H42Cl2Hf. The molecule has 6 aromatic carbocycles. The zero-order valence-electron chi connectivity index (χ0n) is 29.1. The van der Waals surface area contributed by atoms with Gasteiger partial charge in [-0.25, -0.2) is 0 Å². The molecule has 0 radical (unpaired) electrons. The van der Waals surface area contributed by atoms with Crippen molar-refractivity contribution in [2.24, 2.45) is 0 Å². The molecule has 2 atom stereocenters. The average molecular weight is 844 g/mol. The third-order valence-electron chi connectivity index (χ3n) is 13.3. The molecule has 1 fully saturated rings. The van der Waals surface area contributed by atoms with Gasteiger partial charge in [0, 0.05) is 0 Å². The fraction of sp³-hybridized carbons (Fsp3) is 0.217. The minimum Gasteiger partial charge on any atom is -1.00 e. The van der Waals surface area contributed by atoms with E-state index in [1.165, 1.54) is 54.9 Å². The summed E-state index contributed by atoms with van der Waals surface area (Å²) in [4.78, 5) is 0. The maximum absolute atomic E-state index is 3.62. The second-order valence-electron chi connectivity index (χ2n) is 15.3. The van der Waals surface area contributed by atoms with Gasteiger partial charge in [0.15, 0.2) is 0 Å². The van der Waals surface area contributed by atoms with Crippen LogP contribution in [0.25, 0.3) is 32.7 Å². The molecule has 1 heterocycles. The molecule has 0 spiro atoms. The Bertz CT molecular complexity index is 2180. The normalized spacial score (nSPS) is 20.2. The Labute approximate surface area is 308 Å². The van der Waals surface area contributed by atoms with E-state index in [0.717, 1.165) is 0 Å². The van der Waals surface area contributed by atoms with Crippen molar-refractivity contribution in [1.82, 2.24) is 0 Å². The Morgan fingerprint density at radius 3 is 1.14 bits per heavy atom. The minimum atomic E-state index is -3.62. The molecule has 2 aliphatic carbocycles. The number of hydrogen-bond donors (Lipinski definition) is 0. The molecule has 9 rings (SSSR count). The molecule has 0 N–H and O–H groups in total. The molecule has 3 heteroatoms. The first-order chi connectivity index (χ1) is 22.7. The van der Waals surface area contributed by atoms with Crippen molar-refractivity contribution in [1.29, 1.82) is 0 Å². The Hall–Kier alpha value is -3.23. The van der Waals surface area contributed by atoms with Crippen molar-refractivity contribution in [3.8, 4) is 0 Å². The van der Waals surface area contributed by atoms with Crippen molar-refractivity contribution >= 4 is 32.7 Å². The number of allylic oxidation sites excluding steroid dienone is 2. The van der Waals surface area contributed by atoms with Gasteiger partial charge in [-0.2, -0.15) is 0 Å². The van der Waals surface area contributed by atoms with Crippen LogP contribution in [0.4, 0.5) is 0 Å². The van der Waals surface area contributed by atoms with Crippen LogP contribution in [0.1, 0.15) is 82.3 Å². The van der Waals surface area contributed by atoms with Gasteiger partial charge >= 0.3 is 286 Å². The maximum Gasteiger partial charge on any atom is -1.00 e. The van der Waals surface area contributed by atoms with Gasteiger partial charge in [-0.3, -0.25) is 0 Å². The number of rotatable bonds is 4. The first-order valence-corrected chi connectivity index (χ1v) is 25.0. The van der Waals surface area contributed by atoms with Gasteiger partial charge < -0.3 is 24.8 Å². The molecule has 3 aliphatic rings. The zero-order valence-corrected chi connectivity index (χ0v) is 34.2. The predicted molar refractivity (Wildman–Crippen MR) is 198 cm³/mol. The number of hydrogen-bond acceptors (Lipinski definition) is 0. The van der Waals surface area contributed by atoms with Gasteiger partial charge in [-0.15, -0.1) is 0 Å². The maximum atomic E-state index is 2.66. The van der Waals surface area contributed by atoms with E-state index in [1.54, 1.807) is 22.3 Å². The zero-order chi connectivity index (χ0) is 32.3. The monoisotopic (exact) mass is 844 g/mol. The van der Waals surface area contributed by atoms with Crippen LogP contribution in [-0.2, 0) is 20.0 Å². The molecule has 244 valence electrons. The van der Waals surface area contributed by atoms with Crippen LogP contribution in [0.5, 0.6) is 0 Å². The van der Waals surface area contributed by atoms with E-state index in [0.29, 0.717) is 13.7 Å². The van der Waals surface area contributed by atoms with Crippen LogP contribution in [0.2, 0.25) is 6.34 Å². The topological polar surface area (TPSA) is 0 Å². The van der Waals surface area contributed by atoms with Crippen LogP contribution in [0.3, 0.4) is 0 Å². The molecule has 1 aliphatic heterocycles. The van der Waals surface area contributed by atoms with Gasteiger partial charge in [0.25, 0.3) is 0 Å². The van der Waals surface area contributed by atoms with Gasteiger partial charge in [0.05, 0.1) is 0 Å². The molecule has 0 bridgehead atoms. The Balaban J connectivity index is 0.00000189. The summed E-state index contributed by atoms with van der Waals surface area (Å²) >= 11 is -3.62. The van der Waals surface area contributed by atoms with Gasteiger partial charge in [0.2, 0.25) is 0 Å². The molecule has 0 amide bonds. The summed E-state index contributed by atoms with van der Waals surface area (Å²) in [6.07, 6.45) is 0. The molecule has 0 saturated carbocycles. The quantitative estimate of drug-likeness (QED) is 0.168. The van der Waals surface area contributed by atoms with Crippen molar-refractivity contribution in [2.75, 3.05) is 0 Å². The van der Waals surface area contributed by atoms with E-state index < -0.39 is 20.0 Å². The fourth-order valence-corrected chi connectivity index (χ4v) is 48.1. The van der Waals surface area contributed by atoms with E-state index in [2.05, 4.69) is 175 Å². The minimum absolute atomic E-state index is 0. The molecule has 6 aromatic rings.